The molecule has 0 saturated heterocycles. The zero-order valence-electron chi connectivity index (χ0n) is 9.96. The molecule has 0 radical (unpaired) electrons. The Bertz CT molecular complexity index is 596. The van der Waals surface area contributed by atoms with Crippen molar-refractivity contribution < 1.29 is 22.3 Å². The van der Waals surface area contributed by atoms with Crippen molar-refractivity contribution in [2.45, 2.75) is 6.43 Å². The number of hydrogen-bond donors (Lipinski definition) is 0. The van der Waals surface area contributed by atoms with E-state index in [4.69, 9.17) is 4.74 Å². The summed E-state index contributed by atoms with van der Waals surface area (Å²) in [7, 11) is 1.34. The average Bonchev–Trinajstić information content (AvgIpc) is 2.41. The number of methoxy groups -OCH3 is 1. The molecule has 2 rings (SSSR count). The predicted octanol–water partition coefficient (Wildman–Crippen LogP) is 4.58. The largest absolute Gasteiger partial charge is 0.497 e. The van der Waals surface area contributed by atoms with Crippen molar-refractivity contribution in [3.05, 3.63) is 53.6 Å². The van der Waals surface area contributed by atoms with E-state index < -0.39 is 23.6 Å². The third kappa shape index (κ3) is 2.54. The van der Waals surface area contributed by atoms with Gasteiger partial charge in [-0.2, -0.15) is 0 Å². The second kappa shape index (κ2) is 5.30. The van der Waals surface area contributed by atoms with Gasteiger partial charge in [0.05, 0.1) is 7.11 Å². The van der Waals surface area contributed by atoms with Crippen LogP contribution in [-0.2, 0) is 0 Å². The molecule has 0 aromatic heterocycles. The third-order valence-corrected chi connectivity index (χ3v) is 2.74. The molecule has 0 aliphatic heterocycles. The summed E-state index contributed by atoms with van der Waals surface area (Å²) in [6, 6.07) is 7.29. The highest BCUT2D eigenvalue weighted by Crippen LogP contribution is 2.35. The summed E-state index contributed by atoms with van der Waals surface area (Å²) in [6.45, 7) is 0. The highest BCUT2D eigenvalue weighted by Gasteiger charge is 2.19. The first-order chi connectivity index (χ1) is 9.04. The Labute approximate surface area is 107 Å². The number of ether oxygens (including phenoxy) is 1. The monoisotopic (exact) mass is 270 g/mol. The van der Waals surface area contributed by atoms with Gasteiger partial charge < -0.3 is 4.74 Å². The van der Waals surface area contributed by atoms with E-state index in [2.05, 4.69) is 0 Å². The van der Waals surface area contributed by atoms with Crippen LogP contribution in [0.1, 0.15) is 12.0 Å². The van der Waals surface area contributed by atoms with Crippen molar-refractivity contribution in [1.29, 1.82) is 0 Å². The van der Waals surface area contributed by atoms with E-state index in [9.17, 15) is 17.6 Å². The number of halogens is 4. The van der Waals surface area contributed by atoms with Gasteiger partial charge in [-0.15, -0.1) is 0 Å². The summed E-state index contributed by atoms with van der Waals surface area (Å²) >= 11 is 0. The first-order valence-corrected chi connectivity index (χ1v) is 5.45. The molecule has 19 heavy (non-hydrogen) atoms. The van der Waals surface area contributed by atoms with E-state index in [0.717, 1.165) is 12.1 Å². The second-order valence-electron chi connectivity index (χ2n) is 3.86. The maximum Gasteiger partial charge on any atom is 0.264 e. The molecule has 0 bridgehead atoms. The van der Waals surface area contributed by atoms with Gasteiger partial charge in [0.1, 0.15) is 5.75 Å². The Morgan fingerprint density at radius 3 is 2.37 bits per heavy atom. The number of benzene rings is 2. The van der Waals surface area contributed by atoms with Crippen molar-refractivity contribution >= 4 is 0 Å². The molecule has 0 heterocycles. The number of alkyl halides is 2. The average molecular weight is 270 g/mol. The fourth-order valence-electron chi connectivity index (χ4n) is 1.81. The van der Waals surface area contributed by atoms with E-state index in [1.165, 1.54) is 31.4 Å². The van der Waals surface area contributed by atoms with E-state index in [1.807, 2.05) is 0 Å². The molecule has 0 fully saturated rings. The first kappa shape index (κ1) is 13.4. The molecule has 0 saturated carbocycles. The van der Waals surface area contributed by atoms with E-state index in [1.54, 1.807) is 0 Å². The summed E-state index contributed by atoms with van der Waals surface area (Å²) in [5.74, 6) is -1.99. The topological polar surface area (TPSA) is 9.23 Å². The Morgan fingerprint density at radius 1 is 1.00 bits per heavy atom. The van der Waals surface area contributed by atoms with Crippen molar-refractivity contribution in [1.82, 2.24) is 0 Å². The van der Waals surface area contributed by atoms with Crippen LogP contribution in [0.4, 0.5) is 17.6 Å². The summed E-state index contributed by atoms with van der Waals surface area (Å²) in [5.41, 5.74) is -0.644. The molecule has 0 spiro atoms. The van der Waals surface area contributed by atoms with Crippen LogP contribution in [0, 0.1) is 11.6 Å². The minimum Gasteiger partial charge on any atom is -0.497 e. The first-order valence-electron chi connectivity index (χ1n) is 5.45. The van der Waals surface area contributed by atoms with Gasteiger partial charge in [-0.3, -0.25) is 0 Å². The molecule has 0 unspecified atom stereocenters. The van der Waals surface area contributed by atoms with Crippen LogP contribution in [0.2, 0.25) is 0 Å². The Balaban J connectivity index is 2.64. The number of rotatable bonds is 3. The van der Waals surface area contributed by atoms with Crippen LogP contribution in [-0.4, -0.2) is 7.11 Å². The van der Waals surface area contributed by atoms with Crippen LogP contribution < -0.4 is 4.74 Å². The SMILES string of the molecule is COc1ccc(-c2cccc(F)c2F)c(C(F)F)c1. The van der Waals surface area contributed by atoms with Crippen molar-refractivity contribution in [2.24, 2.45) is 0 Å². The maximum atomic E-state index is 13.7. The molecular formula is C14H10F4O. The quantitative estimate of drug-likeness (QED) is 0.742. The van der Waals surface area contributed by atoms with E-state index >= 15 is 0 Å². The third-order valence-electron chi connectivity index (χ3n) is 2.74. The summed E-state index contributed by atoms with van der Waals surface area (Å²) in [6.07, 6.45) is -2.81. The molecule has 2 aromatic carbocycles. The normalized spacial score (nSPS) is 10.8. The lowest BCUT2D eigenvalue weighted by molar-refractivity contribution is 0.151. The molecule has 0 amide bonds. The van der Waals surface area contributed by atoms with E-state index in [0.29, 0.717) is 0 Å². The zero-order valence-corrected chi connectivity index (χ0v) is 9.96. The summed E-state index contributed by atoms with van der Waals surface area (Å²) in [4.78, 5) is 0. The summed E-state index contributed by atoms with van der Waals surface area (Å²) in [5, 5.41) is 0. The van der Waals surface area contributed by atoms with Gasteiger partial charge in [-0.05, 0) is 23.8 Å². The van der Waals surface area contributed by atoms with Gasteiger partial charge in [0.25, 0.3) is 6.43 Å². The van der Waals surface area contributed by atoms with Gasteiger partial charge >= 0.3 is 0 Å². The molecule has 2 aromatic rings. The van der Waals surface area contributed by atoms with Crippen LogP contribution >= 0.6 is 0 Å². The van der Waals surface area contributed by atoms with Crippen molar-refractivity contribution in [3.63, 3.8) is 0 Å². The molecule has 0 aliphatic rings. The molecule has 100 valence electrons. The van der Waals surface area contributed by atoms with Gasteiger partial charge in [0.2, 0.25) is 0 Å². The Hall–Kier alpha value is -2.04. The molecule has 0 aliphatic carbocycles. The lowest BCUT2D eigenvalue weighted by atomic mass is 9.99. The predicted molar refractivity (Wildman–Crippen MR) is 63.3 cm³/mol. The van der Waals surface area contributed by atoms with Crippen LogP contribution in [0.15, 0.2) is 36.4 Å². The van der Waals surface area contributed by atoms with Gasteiger partial charge in [-0.1, -0.05) is 18.2 Å². The van der Waals surface area contributed by atoms with Gasteiger partial charge in [0.15, 0.2) is 11.6 Å². The number of hydrogen-bond acceptors (Lipinski definition) is 1. The van der Waals surface area contributed by atoms with Crippen LogP contribution in [0.5, 0.6) is 5.75 Å². The van der Waals surface area contributed by atoms with Crippen LogP contribution in [0.25, 0.3) is 11.1 Å². The van der Waals surface area contributed by atoms with Crippen molar-refractivity contribution in [3.8, 4) is 16.9 Å². The fraction of sp³-hybridized carbons (Fsp3) is 0.143. The maximum absolute atomic E-state index is 13.7. The highest BCUT2D eigenvalue weighted by molar-refractivity contribution is 5.69. The Kier molecular flexibility index (Phi) is 3.74. The minimum absolute atomic E-state index is 0.0483. The molecule has 0 N–H and O–H groups in total. The van der Waals surface area contributed by atoms with Gasteiger partial charge in [-0.25, -0.2) is 17.6 Å². The molecular weight excluding hydrogens is 260 g/mol. The van der Waals surface area contributed by atoms with Crippen molar-refractivity contribution in [2.75, 3.05) is 7.11 Å². The highest BCUT2D eigenvalue weighted by atomic mass is 19.3. The lowest BCUT2D eigenvalue weighted by Crippen LogP contribution is -1.96. The minimum atomic E-state index is -2.81. The second-order valence-corrected chi connectivity index (χ2v) is 3.86. The smallest absolute Gasteiger partial charge is 0.264 e. The fourth-order valence-corrected chi connectivity index (χ4v) is 1.81. The standard InChI is InChI=1S/C14H10F4O/c1-19-8-5-6-9(11(7-8)14(17)18)10-3-2-4-12(15)13(10)16/h2-7,14H,1H3. The van der Waals surface area contributed by atoms with E-state index in [-0.39, 0.29) is 16.9 Å². The molecule has 5 heteroatoms. The zero-order chi connectivity index (χ0) is 14.0. The summed E-state index contributed by atoms with van der Waals surface area (Å²) < 4.78 is 57.6. The lowest BCUT2D eigenvalue weighted by Gasteiger charge is -2.12. The molecule has 1 nitrogen and oxygen atoms in total. The Morgan fingerprint density at radius 2 is 1.74 bits per heavy atom. The van der Waals surface area contributed by atoms with Crippen LogP contribution in [0.3, 0.4) is 0 Å². The molecule has 0 atom stereocenters. The van der Waals surface area contributed by atoms with Gasteiger partial charge in [0, 0.05) is 11.1 Å².